The zero-order valence-corrected chi connectivity index (χ0v) is 12.4. The van der Waals surface area contributed by atoms with E-state index < -0.39 is 5.91 Å². The molecule has 4 N–H and O–H groups in total. The van der Waals surface area contributed by atoms with Crippen molar-refractivity contribution in [1.82, 2.24) is 4.90 Å². The van der Waals surface area contributed by atoms with Crippen LogP contribution < -0.4 is 11.5 Å². The van der Waals surface area contributed by atoms with Gasteiger partial charge in [0.15, 0.2) is 0 Å². The highest BCUT2D eigenvalue weighted by Gasteiger charge is 2.33. The Balaban J connectivity index is 2.11. The van der Waals surface area contributed by atoms with Crippen LogP contribution in [0, 0.1) is 11.8 Å². The summed E-state index contributed by atoms with van der Waals surface area (Å²) in [6.07, 6.45) is 3.05. The van der Waals surface area contributed by atoms with Gasteiger partial charge in [0.2, 0.25) is 11.8 Å². The summed E-state index contributed by atoms with van der Waals surface area (Å²) in [6.45, 7) is 2.46. The maximum absolute atomic E-state index is 12.7. The molecule has 1 fully saturated rings. The van der Waals surface area contributed by atoms with Gasteiger partial charge in [0.1, 0.15) is 0 Å². The lowest BCUT2D eigenvalue weighted by atomic mass is 9.96. The Labute approximate surface area is 125 Å². The number of benzene rings is 1. The van der Waals surface area contributed by atoms with Gasteiger partial charge >= 0.3 is 0 Å². The molecule has 0 saturated heterocycles. The summed E-state index contributed by atoms with van der Waals surface area (Å²) in [4.78, 5) is 25.5. The van der Waals surface area contributed by atoms with Crippen LogP contribution in [0.2, 0.25) is 0 Å². The summed E-state index contributed by atoms with van der Waals surface area (Å²) in [5.41, 5.74) is 12.6. The first-order valence-corrected chi connectivity index (χ1v) is 7.39. The van der Waals surface area contributed by atoms with E-state index in [9.17, 15) is 9.59 Å². The van der Waals surface area contributed by atoms with E-state index in [1.54, 1.807) is 17.0 Å². The maximum Gasteiger partial charge on any atom is 0.237 e. The van der Waals surface area contributed by atoms with E-state index in [0.29, 0.717) is 18.2 Å². The molecule has 2 rings (SSSR count). The molecule has 0 aromatic heterocycles. The number of amides is 2. The lowest BCUT2D eigenvalue weighted by Crippen LogP contribution is -2.41. The largest absolute Gasteiger partial charge is 0.399 e. The molecule has 0 radical (unpaired) electrons. The summed E-state index contributed by atoms with van der Waals surface area (Å²) in [5, 5.41) is 0. The van der Waals surface area contributed by atoms with Gasteiger partial charge in [0, 0.05) is 18.2 Å². The molecule has 0 aliphatic heterocycles. The second-order valence-corrected chi connectivity index (χ2v) is 5.92. The minimum atomic E-state index is -0.482. The minimum Gasteiger partial charge on any atom is -0.399 e. The number of primary amides is 1. The molecule has 0 bridgehead atoms. The highest BCUT2D eigenvalue weighted by molar-refractivity contribution is 5.85. The number of nitrogens with zero attached hydrogens (tertiary/aromatic N) is 1. The second-order valence-electron chi connectivity index (χ2n) is 5.92. The van der Waals surface area contributed by atoms with Gasteiger partial charge in [-0.2, -0.15) is 0 Å². The third kappa shape index (κ3) is 3.97. The lowest BCUT2D eigenvalue weighted by Gasteiger charge is -2.26. The van der Waals surface area contributed by atoms with Crippen LogP contribution >= 0.6 is 0 Å². The smallest absolute Gasteiger partial charge is 0.237 e. The van der Waals surface area contributed by atoms with Gasteiger partial charge in [0.05, 0.1) is 6.54 Å². The number of hydrogen-bond donors (Lipinski definition) is 2. The molecular formula is C16H23N3O2. The molecule has 1 aromatic carbocycles. The van der Waals surface area contributed by atoms with Crippen LogP contribution in [0.15, 0.2) is 24.3 Å². The number of nitrogens with two attached hydrogens (primary N) is 2. The predicted octanol–water partition coefficient (Wildman–Crippen LogP) is 1.52. The van der Waals surface area contributed by atoms with E-state index in [-0.39, 0.29) is 18.4 Å². The van der Waals surface area contributed by atoms with Gasteiger partial charge < -0.3 is 16.4 Å². The quantitative estimate of drug-likeness (QED) is 0.805. The molecule has 1 aliphatic rings. The minimum absolute atomic E-state index is 0.0122. The SMILES string of the molecule is CC1CCCC1C(=O)N(CC(N)=O)Cc1ccc(N)cc1. The van der Waals surface area contributed by atoms with Crippen molar-refractivity contribution in [2.75, 3.05) is 12.3 Å². The fourth-order valence-corrected chi connectivity index (χ4v) is 2.99. The zero-order valence-electron chi connectivity index (χ0n) is 12.4. The predicted molar refractivity (Wildman–Crippen MR) is 82.0 cm³/mol. The molecule has 1 saturated carbocycles. The zero-order chi connectivity index (χ0) is 15.4. The van der Waals surface area contributed by atoms with E-state index in [0.717, 1.165) is 24.8 Å². The van der Waals surface area contributed by atoms with Crippen molar-refractivity contribution in [1.29, 1.82) is 0 Å². The molecule has 2 amide bonds. The summed E-state index contributed by atoms with van der Waals surface area (Å²) < 4.78 is 0. The van der Waals surface area contributed by atoms with Crippen LogP contribution in [0.4, 0.5) is 5.69 Å². The van der Waals surface area contributed by atoms with E-state index in [4.69, 9.17) is 11.5 Å². The van der Waals surface area contributed by atoms with Crippen molar-refractivity contribution in [3.63, 3.8) is 0 Å². The molecule has 5 nitrogen and oxygen atoms in total. The Morgan fingerprint density at radius 2 is 1.90 bits per heavy atom. The van der Waals surface area contributed by atoms with Gasteiger partial charge in [0.25, 0.3) is 0 Å². The summed E-state index contributed by atoms with van der Waals surface area (Å²) >= 11 is 0. The average Bonchev–Trinajstić information content (AvgIpc) is 2.85. The Kier molecular flexibility index (Phi) is 4.83. The molecule has 1 aromatic rings. The maximum atomic E-state index is 12.7. The Hall–Kier alpha value is -2.04. The standard InChI is InChI=1S/C16H23N3O2/c1-11-3-2-4-14(11)16(21)19(10-15(18)20)9-12-5-7-13(17)8-6-12/h5-8,11,14H,2-4,9-10,17H2,1H3,(H2,18,20). The van der Waals surface area contributed by atoms with Crippen LogP contribution in [-0.4, -0.2) is 23.3 Å². The van der Waals surface area contributed by atoms with Crippen molar-refractivity contribution in [2.24, 2.45) is 17.6 Å². The van der Waals surface area contributed by atoms with E-state index in [2.05, 4.69) is 6.92 Å². The Morgan fingerprint density at radius 1 is 1.24 bits per heavy atom. The molecule has 2 unspecified atom stereocenters. The van der Waals surface area contributed by atoms with Gasteiger partial charge in [-0.25, -0.2) is 0 Å². The lowest BCUT2D eigenvalue weighted by molar-refractivity contribution is -0.140. The van der Waals surface area contributed by atoms with Gasteiger partial charge in [-0.3, -0.25) is 9.59 Å². The number of hydrogen-bond acceptors (Lipinski definition) is 3. The fourth-order valence-electron chi connectivity index (χ4n) is 2.99. The number of rotatable bonds is 5. The molecule has 21 heavy (non-hydrogen) atoms. The molecule has 0 heterocycles. The van der Waals surface area contributed by atoms with Crippen LogP contribution in [-0.2, 0) is 16.1 Å². The molecule has 2 atom stereocenters. The van der Waals surface area contributed by atoms with Crippen LogP contribution in [0.1, 0.15) is 31.7 Å². The van der Waals surface area contributed by atoms with Gasteiger partial charge in [-0.05, 0) is 36.5 Å². The summed E-state index contributed by atoms with van der Waals surface area (Å²) in [6, 6.07) is 7.32. The average molecular weight is 289 g/mol. The van der Waals surface area contributed by atoms with Crippen molar-refractivity contribution in [3.05, 3.63) is 29.8 Å². The molecule has 0 spiro atoms. The number of carbonyl (C=O) groups is 2. The Morgan fingerprint density at radius 3 is 2.43 bits per heavy atom. The normalized spacial score (nSPS) is 21.2. The van der Waals surface area contributed by atoms with E-state index in [1.165, 1.54) is 0 Å². The van der Waals surface area contributed by atoms with E-state index in [1.807, 2.05) is 12.1 Å². The van der Waals surface area contributed by atoms with Crippen LogP contribution in [0.3, 0.4) is 0 Å². The van der Waals surface area contributed by atoms with E-state index >= 15 is 0 Å². The third-order valence-corrected chi connectivity index (χ3v) is 4.19. The topological polar surface area (TPSA) is 89.4 Å². The molecule has 1 aliphatic carbocycles. The number of anilines is 1. The van der Waals surface area contributed by atoms with Crippen LogP contribution in [0.5, 0.6) is 0 Å². The molecular weight excluding hydrogens is 266 g/mol. The number of nitrogen functional groups attached to an aromatic ring is 1. The summed E-state index contributed by atoms with van der Waals surface area (Å²) in [7, 11) is 0. The second kappa shape index (κ2) is 6.61. The van der Waals surface area contributed by atoms with Crippen molar-refractivity contribution in [3.8, 4) is 0 Å². The third-order valence-electron chi connectivity index (χ3n) is 4.19. The van der Waals surface area contributed by atoms with Gasteiger partial charge in [-0.15, -0.1) is 0 Å². The Bertz CT molecular complexity index is 513. The van der Waals surface area contributed by atoms with Crippen LogP contribution in [0.25, 0.3) is 0 Å². The fraction of sp³-hybridized carbons (Fsp3) is 0.500. The summed E-state index contributed by atoms with van der Waals surface area (Å²) in [5.74, 6) is -0.0579. The monoisotopic (exact) mass is 289 g/mol. The number of carbonyl (C=O) groups excluding carboxylic acids is 2. The molecule has 114 valence electrons. The van der Waals surface area contributed by atoms with Gasteiger partial charge in [-0.1, -0.05) is 25.5 Å². The van der Waals surface area contributed by atoms with Crippen molar-refractivity contribution < 1.29 is 9.59 Å². The first-order valence-electron chi connectivity index (χ1n) is 7.39. The first kappa shape index (κ1) is 15.4. The highest BCUT2D eigenvalue weighted by Crippen LogP contribution is 2.32. The first-order chi connectivity index (χ1) is 9.97. The van der Waals surface area contributed by atoms with Crippen molar-refractivity contribution >= 4 is 17.5 Å². The molecule has 5 heteroatoms. The van der Waals surface area contributed by atoms with Crippen molar-refractivity contribution in [2.45, 2.75) is 32.7 Å². The highest BCUT2D eigenvalue weighted by atomic mass is 16.2.